The minimum Gasteiger partial charge on any atom is -0.345 e. The van der Waals surface area contributed by atoms with Crippen molar-refractivity contribution >= 4 is 0 Å². The summed E-state index contributed by atoms with van der Waals surface area (Å²) >= 11 is 0. The Hall–Kier alpha value is -0.0761. The third-order valence-corrected chi connectivity index (χ3v) is 1.79. The summed E-state index contributed by atoms with van der Waals surface area (Å²) in [4.78, 5) is 11.1. The van der Waals surface area contributed by atoms with Crippen LogP contribution in [0.15, 0.2) is 23.0 Å². The van der Waals surface area contributed by atoms with Crippen molar-refractivity contribution in [2.75, 3.05) is 0 Å². The molecule has 0 bridgehead atoms. The van der Waals surface area contributed by atoms with Gasteiger partial charge in [-0.25, -0.2) is 6.42 Å². The van der Waals surface area contributed by atoms with Gasteiger partial charge < -0.3 is 4.57 Å². The molecule has 0 N–H and O–H groups in total. The molecule has 1 radical (unpaired) electrons. The van der Waals surface area contributed by atoms with Gasteiger partial charge in [0.05, 0.1) is 0 Å². The van der Waals surface area contributed by atoms with Crippen molar-refractivity contribution in [2.24, 2.45) is 0 Å². The van der Waals surface area contributed by atoms with Gasteiger partial charge in [-0.3, -0.25) is 4.79 Å². The first-order valence-electron chi connectivity index (χ1n) is 3.41. The zero-order valence-corrected chi connectivity index (χ0v) is 8.99. The van der Waals surface area contributed by atoms with Crippen molar-refractivity contribution in [1.29, 1.82) is 0 Å². The molecule has 3 heteroatoms. The van der Waals surface area contributed by atoms with E-state index >= 15 is 0 Å². The van der Waals surface area contributed by atoms with E-state index in [1.54, 1.807) is 16.7 Å². The van der Waals surface area contributed by atoms with E-state index in [1.165, 1.54) is 0 Å². The van der Waals surface area contributed by atoms with Crippen molar-refractivity contribution in [3.63, 3.8) is 0 Å². The Kier molecular flexibility index (Phi) is 2.91. The van der Waals surface area contributed by atoms with Crippen LogP contribution in [0.3, 0.4) is 0 Å². The first-order valence-corrected chi connectivity index (χ1v) is 3.41. The van der Waals surface area contributed by atoms with Crippen LogP contribution in [0.1, 0.15) is 12.1 Å². The normalized spacial score (nSPS) is 13.1. The summed E-state index contributed by atoms with van der Waals surface area (Å²) in [7, 11) is 0. The van der Waals surface area contributed by atoms with Gasteiger partial charge in [-0.1, -0.05) is 6.42 Å². The van der Waals surface area contributed by atoms with Crippen LogP contribution >= 0.6 is 0 Å². The molecule has 55 valence electrons. The van der Waals surface area contributed by atoms with Crippen LogP contribution in [0.25, 0.3) is 0 Å². The Morgan fingerprint density at radius 1 is 1.45 bits per heavy atom. The Morgan fingerprint density at radius 2 is 2.27 bits per heavy atom. The van der Waals surface area contributed by atoms with Crippen LogP contribution in [0.2, 0.25) is 0 Å². The minimum absolute atomic E-state index is 0. The molecule has 0 amide bonds. The quantitative estimate of drug-likeness (QED) is 0.596. The van der Waals surface area contributed by atoms with Gasteiger partial charge in [0.25, 0.3) is 0 Å². The van der Waals surface area contributed by atoms with E-state index in [1.807, 2.05) is 6.07 Å². The molecule has 0 fully saturated rings. The molecule has 0 spiro atoms. The fourth-order valence-electron chi connectivity index (χ4n) is 1.30. The van der Waals surface area contributed by atoms with Gasteiger partial charge in [0.2, 0.25) is 5.56 Å². The van der Waals surface area contributed by atoms with Crippen LogP contribution in [-0.2, 0) is 39.3 Å². The number of nitrogens with zero attached hydrogens (tertiary/aromatic N) is 1. The summed E-state index contributed by atoms with van der Waals surface area (Å²) in [6.07, 6.45) is 3.08. The maximum Gasteiger partial charge on any atom is 0.246 e. The summed E-state index contributed by atoms with van der Waals surface area (Å²) < 4.78 is 1.79. The predicted molar refractivity (Wildman–Crippen MR) is 38.7 cm³/mol. The Bertz CT molecular complexity index is 305. The third kappa shape index (κ3) is 1.57. The summed E-state index contributed by atoms with van der Waals surface area (Å²) in [6, 6.07) is 5.37. The van der Waals surface area contributed by atoms with E-state index in [4.69, 9.17) is 0 Å². The molecule has 0 aliphatic carbocycles. The second-order valence-corrected chi connectivity index (χ2v) is 2.43. The van der Waals surface area contributed by atoms with Gasteiger partial charge >= 0.3 is 0 Å². The molecule has 2 nitrogen and oxygen atoms in total. The second kappa shape index (κ2) is 3.55. The van der Waals surface area contributed by atoms with Crippen LogP contribution in [-0.4, -0.2) is 4.57 Å². The molecular formula is C8H8NOY-. The average molecular weight is 223 g/mol. The summed E-state index contributed by atoms with van der Waals surface area (Å²) in [5, 5.41) is 0. The summed E-state index contributed by atoms with van der Waals surface area (Å²) in [6.45, 7) is 0.856. The molecular weight excluding hydrogens is 215 g/mol. The molecule has 1 aliphatic heterocycles. The van der Waals surface area contributed by atoms with Crippen molar-refractivity contribution in [3.8, 4) is 0 Å². The van der Waals surface area contributed by atoms with Crippen molar-refractivity contribution in [3.05, 3.63) is 40.7 Å². The molecule has 0 unspecified atom stereocenters. The Morgan fingerprint density at radius 3 is 3.00 bits per heavy atom. The first-order chi connectivity index (χ1) is 4.88. The first kappa shape index (κ1) is 9.02. The van der Waals surface area contributed by atoms with Crippen molar-refractivity contribution in [2.45, 2.75) is 13.0 Å². The molecule has 0 saturated heterocycles. The van der Waals surface area contributed by atoms with Gasteiger partial charge in [-0.2, -0.15) is 6.07 Å². The van der Waals surface area contributed by atoms with Gasteiger partial charge in [0, 0.05) is 39.3 Å². The third-order valence-electron chi connectivity index (χ3n) is 1.79. The minimum atomic E-state index is 0. The molecule has 0 atom stereocenters. The van der Waals surface area contributed by atoms with Crippen LogP contribution in [0.5, 0.6) is 0 Å². The molecule has 2 rings (SSSR count). The average Bonchev–Trinajstić information content (AvgIpc) is 2.36. The van der Waals surface area contributed by atoms with E-state index in [-0.39, 0.29) is 38.3 Å². The summed E-state index contributed by atoms with van der Waals surface area (Å²) in [5.41, 5.74) is 1.18. The number of pyridine rings is 1. The van der Waals surface area contributed by atoms with Gasteiger partial charge in [0.1, 0.15) is 0 Å². The van der Waals surface area contributed by atoms with Crippen molar-refractivity contribution < 1.29 is 32.7 Å². The Labute approximate surface area is 90.5 Å². The number of hydrogen-bond donors (Lipinski definition) is 0. The number of aromatic nitrogens is 1. The predicted octanol–water partition coefficient (Wildman–Crippen LogP) is 0.802. The maximum atomic E-state index is 11.1. The van der Waals surface area contributed by atoms with Gasteiger partial charge in [-0.05, 0) is 6.07 Å². The number of hydrogen-bond acceptors (Lipinski definition) is 1. The summed E-state index contributed by atoms with van der Waals surface area (Å²) in [5.74, 6) is 0. The molecule has 1 aromatic heterocycles. The van der Waals surface area contributed by atoms with Gasteiger partial charge in [-0.15, -0.1) is 11.8 Å². The fourth-order valence-corrected chi connectivity index (χ4v) is 1.30. The van der Waals surface area contributed by atoms with Crippen LogP contribution < -0.4 is 5.56 Å². The number of fused-ring (bicyclic) bond motifs is 1. The van der Waals surface area contributed by atoms with Crippen LogP contribution in [0, 0.1) is 6.42 Å². The van der Waals surface area contributed by atoms with Crippen molar-refractivity contribution in [1.82, 2.24) is 4.57 Å². The Balaban J connectivity index is 0.000000605. The molecule has 1 aromatic rings. The monoisotopic (exact) mass is 223 g/mol. The molecule has 11 heavy (non-hydrogen) atoms. The SMILES string of the molecule is O=c1cccc2n1CC[CH-]2.[Y]. The standard InChI is InChI=1S/C8H8NO.Y/c10-8-5-1-3-7-4-2-6-9(7)8;/h1,3-5H,2,6H2;/q-1;. The molecule has 1 aliphatic rings. The van der Waals surface area contributed by atoms with E-state index < -0.39 is 0 Å². The smallest absolute Gasteiger partial charge is 0.246 e. The molecule has 2 heterocycles. The van der Waals surface area contributed by atoms with E-state index in [2.05, 4.69) is 6.42 Å². The molecule has 0 saturated carbocycles. The van der Waals surface area contributed by atoms with E-state index in [0.717, 1.165) is 18.7 Å². The maximum absolute atomic E-state index is 11.1. The zero-order chi connectivity index (χ0) is 6.97. The van der Waals surface area contributed by atoms with Crippen LogP contribution in [0.4, 0.5) is 0 Å². The van der Waals surface area contributed by atoms with E-state index in [9.17, 15) is 4.79 Å². The van der Waals surface area contributed by atoms with E-state index in [0.29, 0.717) is 0 Å². The largest absolute Gasteiger partial charge is 0.345 e. The second-order valence-electron chi connectivity index (χ2n) is 2.43. The number of rotatable bonds is 0. The molecule has 0 aromatic carbocycles. The topological polar surface area (TPSA) is 22.0 Å². The fraction of sp³-hybridized carbons (Fsp3) is 0.250. The zero-order valence-electron chi connectivity index (χ0n) is 6.16. The van der Waals surface area contributed by atoms with Gasteiger partial charge in [0.15, 0.2) is 0 Å².